The Morgan fingerprint density at radius 1 is 1.33 bits per heavy atom. The van der Waals surface area contributed by atoms with Crippen LogP contribution in [0.5, 0.6) is 0 Å². The molecule has 0 aromatic carbocycles. The second-order valence-electron chi connectivity index (χ2n) is 4.06. The molecule has 0 spiro atoms. The fourth-order valence-corrected chi connectivity index (χ4v) is 2.58. The first kappa shape index (κ1) is 9.83. The van der Waals surface area contributed by atoms with Crippen molar-refractivity contribution in [1.29, 1.82) is 0 Å². The lowest BCUT2D eigenvalue weighted by Crippen LogP contribution is -2.13. The zero-order valence-corrected chi connectivity index (χ0v) is 8.77. The topological polar surface area (TPSA) is 0 Å². The summed E-state index contributed by atoms with van der Waals surface area (Å²) in [5.41, 5.74) is 1.65. The highest BCUT2D eigenvalue weighted by Crippen LogP contribution is 2.33. The third-order valence-corrected chi connectivity index (χ3v) is 3.36. The van der Waals surface area contributed by atoms with E-state index in [1.54, 1.807) is 5.57 Å². The minimum Gasteiger partial charge on any atom is -0.0853 e. The summed E-state index contributed by atoms with van der Waals surface area (Å²) in [5, 5.41) is 0. The Morgan fingerprint density at radius 2 is 2.08 bits per heavy atom. The summed E-state index contributed by atoms with van der Waals surface area (Å²) in [6.45, 7) is 6.99. The third kappa shape index (κ3) is 2.12. The van der Waals surface area contributed by atoms with Crippen molar-refractivity contribution in [2.45, 2.75) is 52.9 Å². The van der Waals surface area contributed by atoms with Gasteiger partial charge in [-0.3, -0.25) is 0 Å². The zero-order valence-electron chi connectivity index (χ0n) is 8.77. The minimum atomic E-state index is 0.887. The first-order valence-electron chi connectivity index (χ1n) is 5.46. The number of hydrogen-bond acceptors (Lipinski definition) is 0. The van der Waals surface area contributed by atoms with Crippen LogP contribution in [0.2, 0.25) is 0 Å². The molecule has 1 rings (SSSR count). The quantitative estimate of drug-likeness (QED) is 0.540. The van der Waals surface area contributed by atoms with Crippen LogP contribution in [-0.2, 0) is 0 Å². The Balaban J connectivity index is 2.67. The molecule has 1 aliphatic rings. The highest BCUT2D eigenvalue weighted by molar-refractivity contribution is 5.06. The Hall–Kier alpha value is -0.260. The van der Waals surface area contributed by atoms with Crippen LogP contribution < -0.4 is 0 Å². The van der Waals surface area contributed by atoms with Gasteiger partial charge in [0.2, 0.25) is 0 Å². The Morgan fingerprint density at radius 3 is 2.67 bits per heavy atom. The molecule has 0 N–H and O–H groups in total. The Kier molecular flexibility index (Phi) is 3.84. The van der Waals surface area contributed by atoms with Crippen LogP contribution >= 0.6 is 0 Å². The van der Waals surface area contributed by atoms with E-state index in [1.807, 2.05) is 0 Å². The summed E-state index contributed by atoms with van der Waals surface area (Å²) < 4.78 is 0. The van der Waals surface area contributed by atoms with Crippen molar-refractivity contribution in [3.63, 3.8) is 0 Å². The predicted octanol–water partition coefficient (Wildman–Crippen LogP) is 4.17. The lowest BCUT2D eigenvalue weighted by molar-refractivity contribution is 0.338. The maximum absolute atomic E-state index is 2.46. The number of hydrogen-bond donors (Lipinski definition) is 0. The summed E-state index contributed by atoms with van der Waals surface area (Å²) >= 11 is 0. The van der Waals surface area contributed by atoms with E-state index in [9.17, 15) is 0 Å². The molecule has 0 radical (unpaired) electrons. The molecule has 2 atom stereocenters. The molecule has 0 saturated heterocycles. The van der Waals surface area contributed by atoms with Gasteiger partial charge in [0.05, 0.1) is 0 Å². The molecule has 1 aliphatic carbocycles. The van der Waals surface area contributed by atoms with Crippen molar-refractivity contribution < 1.29 is 0 Å². The average Bonchev–Trinajstić information content (AvgIpc) is 2.26. The Bertz CT molecular complexity index is 155. The average molecular weight is 166 g/mol. The van der Waals surface area contributed by atoms with Gasteiger partial charge < -0.3 is 0 Å². The first-order chi connectivity index (χ1) is 5.79. The van der Waals surface area contributed by atoms with Crippen LogP contribution in [0, 0.1) is 11.8 Å². The molecule has 12 heavy (non-hydrogen) atoms. The van der Waals surface area contributed by atoms with Gasteiger partial charge in [0.25, 0.3) is 0 Å². The molecule has 0 aromatic heterocycles. The van der Waals surface area contributed by atoms with Crippen molar-refractivity contribution in [3.8, 4) is 0 Å². The van der Waals surface area contributed by atoms with Crippen molar-refractivity contribution in [1.82, 2.24) is 0 Å². The molecule has 70 valence electrons. The van der Waals surface area contributed by atoms with Gasteiger partial charge in [-0.15, -0.1) is 0 Å². The van der Waals surface area contributed by atoms with Crippen LogP contribution in [0.4, 0.5) is 0 Å². The normalized spacial score (nSPS) is 31.1. The third-order valence-electron chi connectivity index (χ3n) is 3.36. The van der Waals surface area contributed by atoms with Crippen molar-refractivity contribution in [2.75, 3.05) is 0 Å². The maximum atomic E-state index is 2.46. The summed E-state index contributed by atoms with van der Waals surface area (Å²) in [6, 6.07) is 0. The summed E-state index contributed by atoms with van der Waals surface area (Å²) in [6.07, 6.45) is 9.34. The molecular weight excluding hydrogens is 144 g/mol. The van der Waals surface area contributed by atoms with Gasteiger partial charge in [0, 0.05) is 0 Å². The summed E-state index contributed by atoms with van der Waals surface area (Å²) in [5.74, 6) is 1.85. The number of rotatable bonds is 2. The van der Waals surface area contributed by atoms with E-state index in [0.717, 1.165) is 11.8 Å². The smallest absolute Gasteiger partial charge is 0.0180 e. The van der Waals surface area contributed by atoms with E-state index in [-0.39, 0.29) is 0 Å². The van der Waals surface area contributed by atoms with E-state index >= 15 is 0 Å². The minimum absolute atomic E-state index is 0.887. The van der Waals surface area contributed by atoms with Crippen LogP contribution in [0.1, 0.15) is 52.9 Å². The fourth-order valence-electron chi connectivity index (χ4n) is 2.58. The molecular formula is C12H22. The lowest BCUT2D eigenvalue weighted by atomic mass is 9.82. The molecule has 0 saturated carbocycles. The molecule has 0 heterocycles. The molecule has 0 aromatic rings. The van der Waals surface area contributed by atoms with E-state index in [0.29, 0.717) is 0 Å². The molecule has 0 amide bonds. The maximum Gasteiger partial charge on any atom is -0.0180 e. The van der Waals surface area contributed by atoms with E-state index in [2.05, 4.69) is 26.8 Å². The predicted molar refractivity (Wildman–Crippen MR) is 55.2 cm³/mol. The zero-order chi connectivity index (χ0) is 8.97. The van der Waals surface area contributed by atoms with Gasteiger partial charge in [0.1, 0.15) is 0 Å². The first-order valence-corrected chi connectivity index (χ1v) is 5.46. The number of allylic oxidation sites excluding steroid dienone is 2. The molecule has 0 aliphatic heterocycles. The highest BCUT2D eigenvalue weighted by atomic mass is 14.3. The van der Waals surface area contributed by atoms with Crippen LogP contribution in [0.3, 0.4) is 0 Å². The van der Waals surface area contributed by atoms with Gasteiger partial charge >= 0.3 is 0 Å². The molecule has 0 nitrogen and oxygen atoms in total. The Labute approximate surface area is 77.1 Å². The lowest BCUT2D eigenvalue weighted by Gasteiger charge is -2.23. The highest BCUT2D eigenvalue weighted by Gasteiger charge is 2.20. The second-order valence-corrected chi connectivity index (χ2v) is 4.06. The van der Waals surface area contributed by atoms with Gasteiger partial charge in [0.15, 0.2) is 0 Å². The summed E-state index contributed by atoms with van der Waals surface area (Å²) in [4.78, 5) is 0. The van der Waals surface area contributed by atoms with Gasteiger partial charge in [-0.05, 0) is 44.4 Å². The standard InChI is InChI=1S/C12H22/c1-4-11-9-7-6-8-10(3)12(11)5-2/h8,11-12H,4-7,9H2,1-3H3. The largest absolute Gasteiger partial charge is 0.0853 e. The van der Waals surface area contributed by atoms with Crippen molar-refractivity contribution >= 4 is 0 Å². The second kappa shape index (κ2) is 4.69. The van der Waals surface area contributed by atoms with Crippen LogP contribution in [0.25, 0.3) is 0 Å². The van der Waals surface area contributed by atoms with Crippen LogP contribution in [-0.4, -0.2) is 0 Å². The SMILES string of the molecule is CCC1CCCC=C(C)C1CC. The van der Waals surface area contributed by atoms with Gasteiger partial charge in [-0.2, -0.15) is 0 Å². The van der Waals surface area contributed by atoms with E-state index in [4.69, 9.17) is 0 Å². The molecule has 0 heteroatoms. The van der Waals surface area contributed by atoms with E-state index in [1.165, 1.54) is 32.1 Å². The van der Waals surface area contributed by atoms with Crippen molar-refractivity contribution in [2.24, 2.45) is 11.8 Å². The molecule has 0 fully saturated rings. The summed E-state index contributed by atoms with van der Waals surface area (Å²) in [7, 11) is 0. The fraction of sp³-hybridized carbons (Fsp3) is 0.833. The van der Waals surface area contributed by atoms with Gasteiger partial charge in [-0.25, -0.2) is 0 Å². The monoisotopic (exact) mass is 166 g/mol. The molecule has 2 unspecified atom stereocenters. The van der Waals surface area contributed by atoms with Crippen molar-refractivity contribution in [3.05, 3.63) is 11.6 Å². The van der Waals surface area contributed by atoms with Gasteiger partial charge in [-0.1, -0.05) is 31.9 Å². The molecule has 0 bridgehead atoms. The van der Waals surface area contributed by atoms with E-state index < -0.39 is 0 Å². The van der Waals surface area contributed by atoms with Crippen LogP contribution in [0.15, 0.2) is 11.6 Å².